The zero-order valence-electron chi connectivity index (χ0n) is 14.4. The summed E-state index contributed by atoms with van der Waals surface area (Å²) in [6.07, 6.45) is 2.24. The molecule has 1 aliphatic rings. The summed E-state index contributed by atoms with van der Waals surface area (Å²) in [5.41, 5.74) is 3.45. The SMILES string of the molecule is Cc1cc(=O)cc([C@H]2CCCN(C(=O)Cc3c(C)noc3C)C2)[nH]1. The van der Waals surface area contributed by atoms with Crippen molar-refractivity contribution < 1.29 is 9.32 Å². The second kappa shape index (κ2) is 6.63. The fraction of sp³-hybridized carbons (Fsp3) is 0.500. The number of hydrogen-bond donors (Lipinski definition) is 1. The molecule has 0 saturated carbocycles. The first kappa shape index (κ1) is 16.5. The van der Waals surface area contributed by atoms with Gasteiger partial charge in [-0.05, 0) is 33.6 Å². The van der Waals surface area contributed by atoms with Crippen LogP contribution < -0.4 is 5.43 Å². The number of piperidine rings is 1. The quantitative estimate of drug-likeness (QED) is 0.936. The Labute approximate surface area is 140 Å². The maximum absolute atomic E-state index is 12.7. The van der Waals surface area contributed by atoms with E-state index in [2.05, 4.69) is 10.1 Å². The van der Waals surface area contributed by atoms with Crippen molar-refractivity contribution in [3.8, 4) is 0 Å². The smallest absolute Gasteiger partial charge is 0.227 e. The average Bonchev–Trinajstić information content (AvgIpc) is 2.86. The van der Waals surface area contributed by atoms with E-state index in [9.17, 15) is 9.59 Å². The van der Waals surface area contributed by atoms with Gasteiger partial charge in [0.15, 0.2) is 5.43 Å². The van der Waals surface area contributed by atoms with E-state index < -0.39 is 0 Å². The molecule has 128 valence electrons. The third-order valence-corrected chi connectivity index (χ3v) is 4.72. The lowest BCUT2D eigenvalue weighted by molar-refractivity contribution is -0.131. The number of carbonyl (C=O) groups is 1. The molecule has 0 unspecified atom stereocenters. The highest BCUT2D eigenvalue weighted by atomic mass is 16.5. The van der Waals surface area contributed by atoms with Crippen LogP contribution in [0.1, 0.15) is 47.2 Å². The van der Waals surface area contributed by atoms with Gasteiger partial charge in [-0.1, -0.05) is 5.16 Å². The van der Waals surface area contributed by atoms with Gasteiger partial charge in [-0.15, -0.1) is 0 Å². The van der Waals surface area contributed by atoms with Crippen molar-refractivity contribution in [2.45, 2.75) is 46.0 Å². The van der Waals surface area contributed by atoms with E-state index >= 15 is 0 Å². The lowest BCUT2D eigenvalue weighted by atomic mass is 9.93. The van der Waals surface area contributed by atoms with Crippen LogP contribution in [0.3, 0.4) is 0 Å². The summed E-state index contributed by atoms with van der Waals surface area (Å²) in [7, 11) is 0. The Balaban J connectivity index is 1.73. The van der Waals surface area contributed by atoms with Gasteiger partial charge in [0.1, 0.15) is 5.76 Å². The number of nitrogens with one attached hydrogen (secondary N) is 1. The van der Waals surface area contributed by atoms with Crippen LogP contribution in [0.15, 0.2) is 21.5 Å². The lowest BCUT2D eigenvalue weighted by Gasteiger charge is -2.33. The first-order valence-electron chi connectivity index (χ1n) is 8.34. The van der Waals surface area contributed by atoms with Crippen LogP contribution >= 0.6 is 0 Å². The number of aromatic nitrogens is 2. The predicted octanol–water partition coefficient (Wildman–Crippen LogP) is 2.24. The number of pyridine rings is 1. The first-order valence-corrected chi connectivity index (χ1v) is 8.34. The van der Waals surface area contributed by atoms with Crippen LogP contribution in [-0.2, 0) is 11.2 Å². The van der Waals surface area contributed by atoms with Crippen molar-refractivity contribution in [1.82, 2.24) is 15.0 Å². The number of amides is 1. The fourth-order valence-electron chi connectivity index (χ4n) is 3.40. The molecule has 1 atom stereocenters. The number of likely N-dealkylation sites (tertiary alicyclic amines) is 1. The molecule has 0 bridgehead atoms. The van der Waals surface area contributed by atoms with Gasteiger partial charge in [0.05, 0.1) is 12.1 Å². The molecule has 0 radical (unpaired) electrons. The van der Waals surface area contributed by atoms with Gasteiger partial charge in [-0.2, -0.15) is 0 Å². The fourth-order valence-corrected chi connectivity index (χ4v) is 3.40. The van der Waals surface area contributed by atoms with E-state index in [4.69, 9.17) is 4.52 Å². The molecule has 0 aromatic carbocycles. The number of nitrogens with zero attached hydrogens (tertiary/aromatic N) is 2. The Kier molecular flexibility index (Phi) is 4.55. The number of aryl methyl sites for hydroxylation is 3. The van der Waals surface area contributed by atoms with Gasteiger partial charge in [0, 0.05) is 48.1 Å². The third kappa shape index (κ3) is 3.42. The summed E-state index contributed by atoms with van der Waals surface area (Å²) in [6.45, 7) is 6.97. The second-order valence-corrected chi connectivity index (χ2v) is 6.61. The summed E-state index contributed by atoms with van der Waals surface area (Å²) in [4.78, 5) is 29.6. The molecule has 1 saturated heterocycles. The number of H-pyrrole nitrogens is 1. The molecule has 0 aliphatic carbocycles. The van der Waals surface area contributed by atoms with E-state index in [0.717, 1.165) is 42.0 Å². The summed E-state index contributed by atoms with van der Waals surface area (Å²) in [5.74, 6) is 0.974. The monoisotopic (exact) mass is 329 g/mol. The Bertz CT molecular complexity index is 787. The normalized spacial score (nSPS) is 18.0. The summed E-state index contributed by atoms with van der Waals surface area (Å²) in [5, 5.41) is 3.91. The number of aromatic amines is 1. The second-order valence-electron chi connectivity index (χ2n) is 6.61. The molecular weight excluding hydrogens is 306 g/mol. The van der Waals surface area contributed by atoms with Crippen molar-refractivity contribution in [2.24, 2.45) is 0 Å². The topological polar surface area (TPSA) is 79.2 Å². The van der Waals surface area contributed by atoms with Crippen molar-refractivity contribution in [3.05, 3.63) is 50.8 Å². The van der Waals surface area contributed by atoms with Crippen LogP contribution in [0.2, 0.25) is 0 Å². The largest absolute Gasteiger partial charge is 0.362 e. The molecule has 1 fully saturated rings. The summed E-state index contributed by atoms with van der Waals surface area (Å²) >= 11 is 0. The first-order chi connectivity index (χ1) is 11.4. The van der Waals surface area contributed by atoms with E-state index in [1.165, 1.54) is 0 Å². The molecule has 24 heavy (non-hydrogen) atoms. The van der Waals surface area contributed by atoms with Crippen LogP contribution in [0, 0.1) is 20.8 Å². The molecule has 6 heteroatoms. The minimum atomic E-state index is 0.0143. The maximum atomic E-state index is 12.7. The Morgan fingerprint density at radius 1 is 1.38 bits per heavy atom. The van der Waals surface area contributed by atoms with Crippen LogP contribution in [-0.4, -0.2) is 34.0 Å². The molecular formula is C18H23N3O3. The molecule has 1 N–H and O–H groups in total. The van der Waals surface area contributed by atoms with Crippen LogP contribution in [0.5, 0.6) is 0 Å². The van der Waals surface area contributed by atoms with Crippen LogP contribution in [0.4, 0.5) is 0 Å². The van der Waals surface area contributed by atoms with Crippen molar-refractivity contribution >= 4 is 5.91 Å². The highest BCUT2D eigenvalue weighted by molar-refractivity contribution is 5.79. The number of rotatable bonds is 3. The van der Waals surface area contributed by atoms with E-state index in [0.29, 0.717) is 18.7 Å². The van der Waals surface area contributed by atoms with Gasteiger partial charge in [-0.3, -0.25) is 9.59 Å². The minimum absolute atomic E-state index is 0.0143. The molecule has 0 spiro atoms. The molecule has 2 aromatic heterocycles. The minimum Gasteiger partial charge on any atom is -0.362 e. The highest BCUT2D eigenvalue weighted by Gasteiger charge is 2.26. The van der Waals surface area contributed by atoms with Crippen molar-refractivity contribution in [1.29, 1.82) is 0 Å². The Morgan fingerprint density at radius 3 is 2.83 bits per heavy atom. The van der Waals surface area contributed by atoms with Crippen molar-refractivity contribution in [2.75, 3.05) is 13.1 Å². The van der Waals surface area contributed by atoms with Crippen molar-refractivity contribution in [3.63, 3.8) is 0 Å². The highest BCUT2D eigenvalue weighted by Crippen LogP contribution is 2.26. The molecule has 1 amide bonds. The molecule has 2 aromatic rings. The summed E-state index contributed by atoms with van der Waals surface area (Å²) < 4.78 is 5.14. The Morgan fingerprint density at radius 2 is 2.17 bits per heavy atom. The van der Waals surface area contributed by atoms with E-state index in [-0.39, 0.29) is 17.3 Å². The molecule has 3 heterocycles. The maximum Gasteiger partial charge on any atom is 0.227 e. The van der Waals surface area contributed by atoms with Gasteiger partial charge >= 0.3 is 0 Å². The molecule has 1 aliphatic heterocycles. The van der Waals surface area contributed by atoms with Gasteiger partial charge in [0.2, 0.25) is 5.91 Å². The predicted molar refractivity (Wildman–Crippen MR) is 90.0 cm³/mol. The van der Waals surface area contributed by atoms with Gasteiger partial charge in [0.25, 0.3) is 0 Å². The molecule has 6 nitrogen and oxygen atoms in total. The standard InChI is InChI=1S/C18H23N3O3/c1-11-7-15(22)8-17(19-11)14-5-4-6-21(10-14)18(23)9-16-12(2)20-24-13(16)3/h7-8,14H,4-6,9-10H2,1-3H3,(H,19,22)/t14-/m0/s1. The molecule has 3 rings (SSSR count). The summed E-state index contributed by atoms with van der Waals surface area (Å²) in [6, 6.07) is 3.24. The number of carbonyl (C=O) groups excluding carboxylic acids is 1. The van der Waals surface area contributed by atoms with E-state index in [1.54, 1.807) is 12.1 Å². The van der Waals surface area contributed by atoms with Gasteiger partial charge < -0.3 is 14.4 Å². The lowest BCUT2D eigenvalue weighted by Crippen LogP contribution is -2.40. The third-order valence-electron chi connectivity index (χ3n) is 4.72. The number of hydrogen-bond acceptors (Lipinski definition) is 4. The van der Waals surface area contributed by atoms with E-state index in [1.807, 2.05) is 25.7 Å². The van der Waals surface area contributed by atoms with Crippen LogP contribution in [0.25, 0.3) is 0 Å². The zero-order chi connectivity index (χ0) is 17.3. The zero-order valence-corrected chi connectivity index (χ0v) is 14.4. The Hall–Kier alpha value is -2.37. The van der Waals surface area contributed by atoms with Gasteiger partial charge in [-0.25, -0.2) is 0 Å². The average molecular weight is 329 g/mol.